The molecule has 0 amide bonds. The first kappa shape index (κ1) is 8.46. The van der Waals surface area contributed by atoms with Crippen LogP contribution in [0.3, 0.4) is 0 Å². The molecular weight excluding hydrogens is 152 g/mol. The maximum absolute atomic E-state index is 12.2. The molecule has 2 nitrogen and oxygen atoms in total. The highest BCUT2D eigenvalue weighted by Crippen LogP contribution is 2.17. The lowest BCUT2D eigenvalue weighted by Crippen LogP contribution is -2.34. The van der Waals surface area contributed by atoms with Crippen LogP contribution < -0.4 is 5.32 Å². The third kappa shape index (κ3) is 1.89. The van der Waals surface area contributed by atoms with Crippen LogP contribution in [0.15, 0.2) is 11.8 Å². The van der Waals surface area contributed by atoms with E-state index in [1.54, 1.807) is 6.08 Å². The van der Waals surface area contributed by atoms with Gasteiger partial charge in [-0.05, 0) is 13.1 Å². The molecule has 0 aromatic carbocycles. The second-order valence-corrected chi connectivity index (χ2v) is 2.34. The highest BCUT2D eigenvalue weighted by molar-refractivity contribution is 5.07. The Morgan fingerprint density at radius 1 is 1.64 bits per heavy atom. The van der Waals surface area contributed by atoms with Crippen LogP contribution in [0, 0.1) is 0 Å². The lowest BCUT2D eigenvalue weighted by Gasteiger charge is -2.15. The summed E-state index contributed by atoms with van der Waals surface area (Å²) in [7, 11) is 1.50. The van der Waals surface area contributed by atoms with Crippen molar-refractivity contribution in [1.29, 1.82) is 0 Å². The molecule has 0 aliphatic carbocycles. The molecule has 64 valence electrons. The molecule has 0 saturated carbocycles. The van der Waals surface area contributed by atoms with Gasteiger partial charge in [0.1, 0.15) is 11.8 Å². The van der Waals surface area contributed by atoms with Crippen molar-refractivity contribution < 1.29 is 13.5 Å². The van der Waals surface area contributed by atoms with Crippen LogP contribution in [-0.4, -0.2) is 26.1 Å². The summed E-state index contributed by atoms with van der Waals surface area (Å²) in [6.07, 6.45) is 0.0393. The van der Waals surface area contributed by atoms with E-state index in [-0.39, 0.29) is 0 Å². The summed E-state index contributed by atoms with van der Waals surface area (Å²) in [6.45, 7) is 0.528. The largest absolute Gasteiger partial charge is 0.496 e. The second-order valence-electron chi connectivity index (χ2n) is 2.34. The van der Waals surface area contributed by atoms with Gasteiger partial charge in [0, 0.05) is 6.42 Å². The fraction of sp³-hybridized carbons (Fsp3) is 0.714. The van der Waals surface area contributed by atoms with Crippen LogP contribution in [0.2, 0.25) is 0 Å². The highest BCUT2D eigenvalue weighted by Gasteiger charge is 2.25. The van der Waals surface area contributed by atoms with Crippen molar-refractivity contribution in [2.24, 2.45) is 0 Å². The van der Waals surface area contributed by atoms with Gasteiger partial charge >= 0.3 is 0 Å². The Kier molecular flexibility index (Phi) is 2.82. The van der Waals surface area contributed by atoms with Gasteiger partial charge in [0.05, 0.1) is 6.61 Å². The summed E-state index contributed by atoms with van der Waals surface area (Å²) in [5.74, 6) is 0.377. The van der Waals surface area contributed by atoms with Crippen molar-refractivity contribution in [3.8, 4) is 0 Å². The van der Waals surface area contributed by atoms with Crippen LogP contribution in [0.5, 0.6) is 0 Å². The monoisotopic (exact) mass is 163 g/mol. The SMILES string of the molecule is CNC(C1=CCCO1)C(F)F. The average Bonchev–Trinajstić information content (AvgIpc) is 2.40. The van der Waals surface area contributed by atoms with Crippen LogP contribution in [0.4, 0.5) is 8.78 Å². The Bertz CT molecular complexity index is 159. The standard InChI is InChI=1S/C7H11F2NO/c1-10-6(7(8)9)5-3-2-4-11-5/h3,6-7,10H,2,4H2,1H3. The Balaban J connectivity index is 2.53. The van der Waals surface area contributed by atoms with Crippen molar-refractivity contribution in [1.82, 2.24) is 5.32 Å². The van der Waals surface area contributed by atoms with Crippen LogP contribution in [0.25, 0.3) is 0 Å². The van der Waals surface area contributed by atoms with E-state index < -0.39 is 12.5 Å². The third-order valence-electron chi connectivity index (χ3n) is 1.60. The number of likely N-dealkylation sites (N-methyl/N-ethyl adjacent to an activating group) is 1. The molecule has 0 radical (unpaired) electrons. The fourth-order valence-corrected chi connectivity index (χ4v) is 1.05. The van der Waals surface area contributed by atoms with E-state index in [9.17, 15) is 8.78 Å². The summed E-state index contributed by atoms with van der Waals surface area (Å²) in [5.41, 5.74) is 0. The number of hydrogen-bond acceptors (Lipinski definition) is 2. The molecule has 1 heterocycles. The Labute approximate surface area is 64.2 Å². The van der Waals surface area contributed by atoms with Gasteiger partial charge in [-0.15, -0.1) is 0 Å². The van der Waals surface area contributed by atoms with Crippen molar-refractivity contribution in [3.63, 3.8) is 0 Å². The number of alkyl halides is 2. The maximum atomic E-state index is 12.2. The zero-order chi connectivity index (χ0) is 8.27. The predicted molar refractivity (Wildman–Crippen MR) is 37.5 cm³/mol. The van der Waals surface area contributed by atoms with E-state index in [0.717, 1.165) is 6.42 Å². The molecule has 1 N–H and O–H groups in total. The molecule has 11 heavy (non-hydrogen) atoms. The van der Waals surface area contributed by atoms with E-state index in [0.29, 0.717) is 12.4 Å². The van der Waals surface area contributed by atoms with Crippen molar-refractivity contribution in [2.75, 3.05) is 13.7 Å². The first-order valence-corrected chi connectivity index (χ1v) is 3.54. The fourth-order valence-electron chi connectivity index (χ4n) is 1.05. The van der Waals surface area contributed by atoms with Gasteiger partial charge < -0.3 is 10.1 Å². The first-order valence-electron chi connectivity index (χ1n) is 3.54. The van der Waals surface area contributed by atoms with Gasteiger partial charge in [0.25, 0.3) is 6.43 Å². The normalized spacial score (nSPS) is 19.8. The lowest BCUT2D eigenvalue weighted by molar-refractivity contribution is 0.0844. The molecule has 1 rings (SSSR count). The highest BCUT2D eigenvalue weighted by atomic mass is 19.3. The minimum atomic E-state index is -2.40. The molecule has 1 aliphatic heterocycles. The van der Waals surface area contributed by atoms with Crippen LogP contribution >= 0.6 is 0 Å². The molecule has 0 aromatic rings. The quantitative estimate of drug-likeness (QED) is 0.673. The maximum Gasteiger partial charge on any atom is 0.260 e. The number of hydrogen-bond donors (Lipinski definition) is 1. The average molecular weight is 163 g/mol. The van der Waals surface area contributed by atoms with E-state index >= 15 is 0 Å². The van der Waals surface area contributed by atoms with E-state index in [1.807, 2.05) is 0 Å². The van der Waals surface area contributed by atoms with Crippen molar-refractivity contribution in [3.05, 3.63) is 11.8 Å². The summed E-state index contributed by atoms with van der Waals surface area (Å²) in [6, 6.07) is -0.933. The molecular formula is C7H11F2NO. The molecule has 4 heteroatoms. The second kappa shape index (κ2) is 3.67. The Morgan fingerprint density at radius 3 is 2.73 bits per heavy atom. The van der Waals surface area contributed by atoms with Gasteiger partial charge in [-0.1, -0.05) is 0 Å². The lowest BCUT2D eigenvalue weighted by atomic mass is 10.2. The van der Waals surface area contributed by atoms with Gasteiger partial charge in [-0.3, -0.25) is 0 Å². The van der Waals surface area contributed by atoms with E-state index in [2.05, 4.69) is 5.32 Å². The number of nitrogens with one attached hydrogen (secondary N) is 1. The first-order chi connectivity index (χ1) is 5.25. The molecule has 0 fully saturated rings. The molecule has 1 atom stereocenters. The summed E-state index contributed by atoms with van der Waals surface area (Å²) < 4.78 is 29.3. The minimum absolute atomic E-state index is 0.377. The summed E-state index contributed by atoms with van der Waals surface area (Å²) >= 11 is 0. The van der Waals surface area contributed by atoms with Crippen LogP contribution in [0.1, 0.15) is 6.42 Å². The third-order valence-corrected chi connectivity index (χ3v) is 1.60. The van der Waals surface area contributed by atoms with Gasteiger partial charge in [-0.2, -0.15) is 0 Å². The molecule has 1 unspecified atom stereocenters. The molecule has 0 spiro atoms. The molecule has 0 aromatic heterocycles. The summed E-state index contributed by atoms with van der Waals surface area (Å²) in [4.78, 5) is 0. The van der Waals surface area contributed by atoms with Gasteiger partial charge in [0.15, 0.2) is 0 Å². The summed E-state index contributed by atoms with van der Waals surface area (Å²) in [5, 5.41) is 2.50. The molecule has 0 bridgehead atoms. The Morgan fingerprint density at radius 2 is 2.36 bits per heavy atom. The molecule has 0 saturated heterocycles. The zero-order valence-electron chi connectivity index (χ0n) is 6.31. The number of ether oxygens (including phenoxy) is 1. The Hall–Kier alpha value is -0.640. The number of halogens is 2. The minimum Gasteiger partial charge on any atom is -0.496 e. The molecule has 1 aliphatic rings. The smallest absolute Gasteiger partial charge is 0.260 e. The van der Waals surface area contributed by atoms with Crippen molar-refractivity contribution >= 4 is 0 Å². The number of rotatable bonds is 3. The van der Waals surface area contributed by atoms with Gasteiger partial charge in [0.2, 0.25) is 0 Å². The van der Waals surface area contributed by atoms with E-state index in [1.165, 1.54) is 7.05 Å². The van der Waals surface area contributed by atoms with Gasteiger partial charge in [-0.25, -0.2) is 8.78 Å². The van der Waals surface area contributed by atoms with E-state index in [4.69, 9.17) is 4.74 Å². The zero-order valence-corrected chi connectivity index (χ0v) is 6.31. The predicted octanol–water partition coefficient (Wildman–Crippen LogP) is 1.14. The van der Waals surface area contributed by atoms with Crippen molar-refractivity contribution in [2.45, 2.75) is 18.9 Å². The topological polar surface area (TPSA) is 21.3 Å². The van der Waals surface area contributed by atoms with Crippen LogP contribution in [-0.2, 0) is 4.74 Å².